The molecule has 1 aromatic carbocycles. The minimum atomic E-state index is -0.124. The van der Waals surface area contributed by atoms with Crippen molar-refractivity contribution in [2.24, 2.45) is 0 Å². The van der Waals surface area contributed by atoms with Crippen LogP contribution in [0, 0.1) is 0 Å². The van der Waals surface area contributed by atoms with Crippen LogP contribution in [0.2, 0.25) is 0 Å². The molecule has 16 heavy (non-hydrogen) atoms. The zero-order valence-corrected chi connectivity index (χ0v) is 9.56. The lowest BCUT2D eigenvalue weighted by Crippen LogP contribution is -2.36. The Morgan fingerprint density at radius 2 is 2.00 bits per heavy atom. The summed E-state index contributed by atoms with van der Waals surface area (Å²) in [5, 5.41) is 2.70. The number of ether oxygens (including phenoxy) is 1. The number of nitrogens with zero attached hydrogens (tertiary/aromatic N) is 1. The number of carbonyl (C=O) groups excluding carboxylic acids is 1. The number of anilines is 1. The fraction of sp³-hybridized carbons (Fsp3) is 0.364. The molecule has 0 aromatic heterocycles. The van der Waals surface area contributed by atoms with Gasteiger partial charge in [0.25, 0.3) is 0 Å². The fourth-order valence-electron chi connectivity index (χ4n) is 1.05. The normalized spacial score (nSPS) is 9.62. The summed E-state index contributed by atoms with van der Waals surface area (Å²) in [7, 11) is 3.38. The minimum Gasteiger partial charge on any atom is -0.492 e. The smallest absolute Gasteiger partial charge is 0.316 e. The zero-order chi connectivity index (χ0) is 12.0. The van der Waals surface area contributed by atoms with Gasteiger partial charge >= 0.3 is 6.03 Å². The summed E-state index contributed by atoms with van der Waals surface area (Å²) in [5.41, 5.74) is 6.24. The first-order valence-electron chi connectivity index (χ1n) is 5.03. The van der Waals surface area contributed by atoms with Gasteiger partial charge in [-0.15, -0.1) is 0 Å². The van der Waals surface area contributed by atoms with Crippen LogP contribution in [0.25, 0.3) is 0 Å². The number of amides is 2. The van der Waals surface area contributed by atoms with Crippen molar-refractivity contribution in [1.29, 1.82) is 0 Å². The van der Waals surface area contributed by atoms with Crippen molar-refractivity contribution in [3.05, 3.63) is 24.3 Å². The third-order valence-corrected chi connectivity index (χ3v) is 1.93. The topological polar surface area (TPSA) is 67.6 Å². The van der Waals surface area contributed by atoms with E-state index in [-0.39, 0.29) is 6.03 Å². The van der Waals surface area contributed by atoms with Crippen LogP contribution in [0.3, 0.4) is 0 Å². The van der Waals surface area contributed by atoms with E-state index in [1.165, 1.54) is 4.90 Å². The number of urea groups is 1. The Kier molecular flexibility index (Phi) is 4.44. The SMILES string of the molecule is CN(C)C(=O)NCCOc1ccc(N)cc1. The molecule has 2 amide bonds. The van der Waals surface area contributed by atoms with Gasteiger partial charge in [0.05, 0.1) is 6.54 Å². The highest BCUT2D eigenvalue weighted by molar-refractivity contribution is 5.73. The van der Waals surface area contributed by atoms with Gasteiger partial charge < -0.3 is 20.7 Å². The highest BCUT2D eigenvalue weighted by Crippen LogP contribution is 2.12. The van der Waals surface area contributed by atoms with Gasteiger partial charge in [0.2, 0.25) is 0 Å². The third-order valence-electron chi connectivity index (χ3n) is 1.93. The zero-order valence-electron chi connectivity index (χ0n) is 9.56. The molecule has 0 aliphatic rings. The largest absolute Gasteiger partial charge is 0.492 e. The second-order valence-corrected chi connectivity index (χ2v) is 3.54. The van der Waals surface area contributed by atoms with Gasteiger partial charge in [-0.3, -0.25) is 0 Å². The van der Waals surface area contributed by atoms with Crippen LogP contribution in [0.1, 0.15) is 0 Å². The summed E-state index contributed by atoms with van der Waals surface area (Å²) >= 11 is 0. The van der Waals surface area contributed by atoms with E-state index in [1.54, 1.807) is 38.4 Å². The molecule has 0 heterocycles. The molecule has 3 N–H and O–H groups in total. The standard InChI is InChI=1S/C11H17N3O2/c1-14(2)11(15)13-7-8-16-10-5-3-9(12)4-6-10/h3-6H,7-8,12H2,1-2H3,(H,13,15). The molecule has 0 unspecified atom stereocenters. The number of benzene rings is 1. The first-order chi connectivity index (χ1) is 7.59. The summed E-state index contributed by atoms with van der Waals surface area (Å²) < 4.78 is 5.40. The fourth-order valence-corrected chi connectivity index (χ4v) is 1.05. The van der Waals surface area contributed by atoms with Crippen LogP contribution >= 0.6 is 0 Å². The lowest BCUT2D eigenvalue weighted by atomic mass is 10.3. The Morgan fingerprint density at radius 1 is 1.38 bits per heavy atom. The van der Waals surface area contributed by atoms with E-state index in [1.807, 2.05) is 0 Å². The van der Waals surface area contributed by atoms with Crippen molar-refractivity contribution in [3.63, 3.8) is 0 Å². The summed E-state index contributed by atoms with van der Waals surface area (Å²) in [6.07, 6.45) is 0. The van der Waals surface area contributed by atoms with Crippen LogP contribution in [0.4, 0.5) is 10.5 Å². The molecule has 0 saturated carbocycles. The molecule has 1 aromatic rings. The predicted octanol–water partition coefficient (Wildman–Crippen LogP) is 0.919. The Hall–Kier alpha value is -1.91. The van der Waals surface area contributed by atoms with Crippen molar-refractivity contribution in [1.82, 2.24) is 10.2 Å². The summed E-state index contributed by atoms with van der Waals surface area (Å²) in [5.74, 6) is 0.744. The highest BCUT2D eigenvalue weighted by atomic mass is 16.5. The maximum atomic E-state index is 11.1. The van der Waals surface area contributed by atoms with E-state index >= 15 is 0 Å². The van der Waals surface area contributed by atoms with Crippen molar-refractivity contribution in [2.75, 3.05) is 33.0 Å². The second-order valence-electron chi connectivity index (χ2n) is 3.54. The maximum absolute atomic E-state index is 11.1. The molecule has 0 radical (unpaired) electrons. The van der Waals surface area contributed by atoms with Crippen molar-refractivity contribution >= 4 is 11.7 Å². The molecular weight excluding hydrogens is 206 g/mol. The first kappa shape index (κ1) is 12.2. The second kappa shape index (κ2) is 5.85. The summed E-state index contributed by atoms with van der Waals surface area (Å²) in [6, 6.07) is 7.01. The van der Waals surface area contributed by atoms with E-state index in [0.29, 0.717) is 18.8 Å². The number of carbonyl (C=O) groups is 1. The molecule has 0 saturated heterocycles. The van der Waals surface area contributed by atoms with Crippen LogP contribution in [-0.2, 0) is 0 Å². The summed E-state index contributed by atoms with van der Waals surface area (Å²) in [6.45, 7) is 0.908. The molecule has 0 spiro atoms. The van der Waals surface area contributed by atoms with Crippen molar-refractivity contribution in [3.8, 4) is 5.75 Å². The molecule has 5 heteroatoms. The Balaban J connectivity index is 2.21. The molecular formula is C11H17N3O2. The molecule has 88 valence electrons. The van der Waals surface area contributed by atoms with Gasteiger partial charge in [0.1, 0.15) is 12.4 Å². The van der Waals surface area contributed by atoms with Crippen LogP contribution in [0.15, 0.2) is 24.3 Å². The van der Waals surface area contributed by atoms with Crippen LogP contribution in [0.5, 0.6) is 5.75 Å². The van der Waals surface area contributed by atoms with E-state index < -0.39 is 0 Å². The van der Waals surface area contributed by atoms with Crippen LogP contribution in [-0.4, -0.2) is 38.2 Å². The van der Waals surface area contributed by atoms with E-state index in [9.17, 15) is 4.79 Å². The molecule has 0 atom stereocenters. The quantitative estimate of drug-likeness (QED) is 0.589. The molecule has 5 nitrogen and oxygen atoms in total. The number of rotatable bonds is 4. The summed E-state index contributed by atoms with van der Waals surface area (Å²) in [4.78, 5) is 12.6. The van der Waals surface area contributed by atoms with Gasteiger partial charge in [-0.2, -0.15) is 0 Å². The number of nitrogens with two attached hydrogens (primary N) is 1. The van der Waals surface area contributed by atoms with E-state index in [2.05, 4.69) is 5.32 Å². The molecule has 1 rings (SSSR count). The molecule has 0 aliphatic heterocycles. The minimum absolute atomic E-state index is 0.124. The van der Waals surface area contributed by atoms with E-state index in [0.717, 1.165) is 5.75 Å². The Labute approximate surface area is 95.2 Å². The van der Waals surface area contributed by atoms with Gasteiger partial charge in [-0.1, -0.05) is 0 Å². The third kappa shape index (κ3) is 4.08. The van der Waals surface area contributed by atoms with Gasteiger partial charge in [0.15, 0.2) is 0 Å². The van der Waals surface area contributed by atoms with Crippen molar-refractivity contribution < 1.29 is 9.53 Å². The number of nitrogens with one attached hydrogen (secondary N) is 1. The van der Waals surface area contributed by atoms with Gasteiger partial charge in [-0.05, 0) is 24.3 Å². The van der Waals surface area contributed by atoms with Crippen molar-refractivity contribution in [2.45, 2.75) is 0 Å². The molecule has 0 aliphatic carbocycles. The molecule has 0 fully saturated rings. The lowest BCUT2D eigenvalue weighted by molar-refractivity contribution is 0.213. The average Bonchev–Trinajstić information content (AvgIpc) is 2.26. The Morgan fingerprint density at radius 3 is 2.56 bits per heavy atom. The van der Waals surface area contributed by atoms with Gasteiger partial charge in [-0.25, -0.2) is 4.79 Å². The average molecular weight is 223 g/mol. The lowest BCUT2D eigenvalue weighted by Gasteiger charge is -2.12. The predicted molar refractivity (Wildman–Crippen MR) is 63.4 cm³/mol. The highest BCUT2D eigenvalue weighted by Gasteiger charge is 2.01. The van der Waals surface area contributed by atoms with E-state index in [4.69, 9.17) is 10.5 Å². The van der Waals surface area contributed by atoms with Crippen LogP contribution < -0.4 is 15.8 Å². The number of hydrogen-bond acceptors (Lipinski definition) is 3. The maximum Gasteiger partial charge on any atom is 0.316 e. The Bertz CT molecular complexity index is 336. The molecule has 0 bridgehead atoms. The van der Waals surface area contributed by atoms with Gasteiger partial charge in [0, 0.05) is 19.8 Å². The number of hydrogen-bond donors (Lipinski definition) is 2. The monoisotopic (exact) mass is 223 g/mol. The number of nitrogen functional groups attached to an aromatic ring is 1. The first-order valence-corrected chi connectivity index (χ1v) is 5.03.